The van der Waals surface area contributed by atoms with Gasteiger partial charge < -0.3 is 9.47 Å². The number of ketones is 1. The molecular weight excluding hydrogens is 352 g/mol. The smallest absolute Gasteiger partial charge is 0.188 e. The molecule has 6 saturated carbocycles. The van der Waals surface area contributed by atoms with Crippen LogP contribution in [0.1, 0.15) is 0 Å². The predicted molar refractivity (Wildman–Crippen MR) is 63.9 cm³/mol. The summed E-state index contributed by atoms with van der Waals surface area (Å²) < 4.78 is 11.8. The summed E-state index contributed by atoms with van der Waals surface area (Å²) in [6.07, 6.45) is 0. The van der Waals surface area contributed by atoms with E-state index < -0.39 is 5.79 Å². The topological polar surface area (TPSA) is 35.5 Å². The van der Waals surface area contributed by atoms with Crippen molar-refractivity contribution in [2.45, 2.75) is 14.4 Å². The minimum Gasteiger partial charge on any atom is -0.346 e. The Hall–Kier alpha value is 0.550. The zero-order valence-corrected chi connectivity index (χ0v) is 12.0. The summed E-state index contributed by atoms with van der Waals surface area (Å²) in [4.78, 5) is 12.5. The highest BCUT2D eigenvalue weighted by atomic mass is 79.9. The molecule has 0 radical (unpaired) electrons. The summed E-state index contributed by atoms with van der Waals surface area (Å²) in [6, 6.07) is 0. The number of rotatable bonds is 0. The SMILES string of the molecule is O=C1[C@@H]2[C@@H]3[C@H]4[C@@H]5[C@@H]([C@H]2[C@@]5(Br)C32OCCO2)[C@@]14Br. The van der Waals surface area contributed by atoms with Gasteiger partial charge in [0.25, 0.3) is 0 Å². The largest absolute Gasteiger partial charge is 0.346 e. The third-order valence-corrected chi connectivity index (χ3v) is 9.69. The minimum atomic E-state index is -0.476. The third kappa shape index (κ3) is 0.514. The van der Waals surface area contributed by atoms with Gasteiger partial charge in [0.15, 0.2) is 11.6 Å². The van der Waals surface area contributed by atoms with Gasteiger partial charge >= 0.3 is 0 Å². The van der Waals surface area contributed by atoms with Crippen molar-refractivity contribution in [2.75, 3.05) is 13.2 Å². The second kappa shape index (κ2) is 2.11. The average molecular weight is 362 g/mol. The first kappa shape index (κ1) is 9.45. The van der Waals surface area contributed by atoms with E-state index in [9.17, 15) is 4.79 Å². The lowest BCUT2D eigenvalue weighted by molar-refractivity contribution is -0.199. The summed E-state index contributed by atoms with van der Waals surface area (Å²) in [7, 11) is 0. The quantitative estimate of drug-likeness (QED) is 0.611. The molecule has 7 aliphatic rings. The number of halogens is 2. The van der Waals surface area contributed by atoms with Crippen molar-refractivity contribution in [1.29, 1.82) is 0 Å². The van der Waals surface area contributed by atoms with Gasteiger partial charge in [0.05, 0.1) is 21.9 Å². The van der Waals surface area contributed by atoms with Gasteiger partial charge in [-0.1, -0.05) is 31.9 Å². The maximum Gasteiger partial charge on any atom is 0.188 e. The number of carbonyl (C=O) groups is 1. The molecule has 5 heteroatoms. The predicted octanol–water partition coefficient (Wildman–Crippen LogP) is 1.33. The van der Waals surface area contributed by atoms with Gasteiger partial charge in [0.1, 0.15) is 0 Å². The van der Waals surface area contributed by atoms with Crippen LogP contribution < -0.4 is 0 Å². The van der Waals surface area contributed by atoms with Crippen LogP contribution in [0.5, 0.6) is 0 Å². The Bertz CT molecular complexity index is 516. The first-order valence-corrected chi connectivity index (χ1v) is 7.89. The van der Waals surface area contributed by atoms with E-state index >= 15 is 0 Å². The van der Waals surface area contributed by atoms with Crippen molar-refractivity contribution in [1.82, 2.24) is 0 Å². The monoisotopic (exact) mass is 360 g/mol. The van der Waals surface area contributed by atoms with E-state index in [0.29, 0.717) is 48.6 Å². The van der Waals surface area contributed by atoms with E-state index in [1.165, 1.54) is 0 Å². The van der Waals surface area contributed by atoms with Crippen LogP contribution in [0.25, 0.3) is 0 Å². The van der Waals surface area contributed by atoms with Gasteiger partial charge in [-0.15, -0.1) is 0 Å². The Morgan fingerprint density at radius 2 is 1.65 bits per heavy atom. The third-order valence-electron chi connectivity index (χ3n) is 6.63. The average Bonchev–Trinajstić information content (AvgIpc) is 2.96. The molecule has 1 aliphatic heterocycles. The Balaban J connectivity index is 1.69. The van der Waals surface area contributed by atoms with Crippen LogP contribution in [0.4, 0.5) is 0 Å². The number of ether oxygens (including phenoxy) is 2. The molecule has 0 unspecified atom stereocenters. The molecule has 1 saturated heterocycles. The first-order valence-electron chi connectivity index (χ1n) is 6.30. The Labute approximate surface area is 115 Å². The van der Waals surface area contributed by atoms with Crippen LogP contribution in [0, 0.1) is 35.5 Å². The van der Waals surface area contributed by atoms with Crippen molar-refractivity contribution in [3.63, 3.8) is 0 Å². The molecule has 8 atom stereocenters. The summed E-state index contributed by atoms with van der Waals surface area (Å²) in [5.74, 6) is 2.50. The fourth-order valence-electron chi connectivity index (χ4n) is 6.58. The maximum atomic E-state index is 12.5. The van der Waals surface area contributed by atoms with Crippen molar-refractivity contribution in [3.8, 4) is 0 Å². The van der Waals surface area contributed by atoms with Crippen molar-refractivity contribution >= 4 is 37.6 Å². The van der Waals surface area contributed by atoms with E-state index in [1.807, 2.05) is 0 Å². The van der Waals surface area contributed by atoms with Crippen LogP contribution >= 0.6 is 31.9 Å². The molecule has 6 aliphatic carbocycles. The lowest BCUT2D eigenvalue weighted by atomic mass is 9.40. The van der Waals surface area contributed by atoms with Crippen LogP contribution in [0.3, 0.4) is 0 Å². The Kier molecular flexibility index (Phi) is 1.17. The minimum absolute atomic E-state index is 0.0510. The normalized spacial score (nSPS) is 74.6. The standard InChI is InChI=1S/C12H10Br2O3/c13-10-6-4-3(9(10)15)5-7(10)8(6)11(4,14)12(5)16-1-2-17-12/h3-8H,1-2H2/t3-,4-,5+,6+,7-,8-,10-,11-/m0/s1. The summed E-state index contributed by atoms with van der Waals surface area (Å²) in [5.41, 5.74) is 0. The lowest BCUT2D eigenvalue weighted by Crippen LogP contribution is -2.75. The van der Waals surface area contributed by atoms with Crippen molar-refractivity contribution < 1.29 is 14.3 Å². The van der Waals surface area contributed by atoms with Gasteiger partial charge in [-0.25, -0.2) is 0 Å². The number of alkyl halides is 2. The Morgan fingerprint density at radius 3 is 2.24 bits per heavy atom. The molecular formula is C12H10Br2O3. The molecule has 0 aromatic rings. The van der Waals surface area contributed by atoms with Gasteiger partial charge in [-0.05, 0) is 23.7 Å². The van der Waals surface area contributed by atoms with E-state index in [2.05, 4.69) is 31.9 Å². The molecule has 90 valence electrons. The highest BCUT2D eigenvalue weighted by Crippen LogP contribution is 2.96. The number of Topliss-reactive ketones (excluding diaryl/α,β-unsaturated/α-hetero) is 1. The lowest BCUT2D eigenvalue weighted by Gasteiger charge is -2.69. The van der Waals surface area contributed by atoms with Crippen molar-refractivity contribution in [3.05, 3.63) is 0 Å². The summed E-state index contributed by atoms with van der Waals surface area (Å²) in [6.45, 7) is 1.35. The first-order chi connectivity index (χ1) is 8.10. The zero-order valence-electron chi connectivity index (χ0n) is 8.86. The van der Waals surface area contributed by atoms with Gasteiger partial charge in [0.2, 0.25) is 0 Å². The van der Waals surface area contributed by atoms with Gasteiger partial charge in [-0.2, -0.15) is 0 Å². The molecule has 17 heavy (non-hydrogen) atoms. The second-order valence-electron chi connectivity index (χ2n) is 6.42. The number of hydrogen-bond donors (Lipinski definition) is 0. The zero-order chi connectivity index (χ0) is 11.4. The van der Waals surface area contributed by atoms with E-state index in [-0.39, 0.29) is 14.6 Å². The summed E-state index contributed by atoms with van der Waals surface area (Å²) >= 11 is 7.73. The molecule has 1 heterocycles. The van der Waals surface area contributed by atoms with E-state index in [0.717, 1.165) is 0 Å². The fourth-order valence-corrected chi connectivity index (χ4v) is 9.62. The molecule has 0 N–H and O–H groups in total. The molecule has 0 amide bonds. The molecule has 3 nitrogen and oxygen atoms in total. The highest BCUT2D eigenvalue weighted by molar-refractivity contribution is 9.10. The molecule has 1 spiro atoms. The highest BCUT2D eigenvalue weighted by Gasteiger charge is 3.04. The molecule has 0 aromatic heterocycles. The van der Waals surface area contributed by atoms with Crippen LogP contribution in [0.15, 0.2) is 0 Å². The van der Waals surface area contributed by atoms with Gasteiger partial charge in [-0.3, -0.25) is 4.79 Å². The van der Waals surface area contributed by atoms with Crippen LogP contribution in [0.2, 0.25) is 0 Å². The molecule has 7 fully saturated rings. The molecule has 0 aromatic carbocycles. The van der Waals surface area contributed by atoms with E-state index in [4.69, 9.17) is 9.47 Å². The number of hydrogen-bond acceptors (Lipinski definition) is 3. The van der Waals surface area contributed by atoms with Crippen LogP contribution in [-0.4, -0.2) is 33.4 Å². The second-order valence-corrected chi connectivity index (χ2v) is 9.04. The van der Waals surface area contributed by atoms with Crippen LogP contribution in [-0.2, 0) is 14.3 Å². The van der Waals surface area contributed by atoms with E-state index in [1.54, 1.807) is 0 Å². The fraction of sp³-hybridized carbons (Fsp3) is 0.917. The van der Waals surface area contributed by atoms with Gasteiger partial charge in [0, 0.05) is 11.8 Å². The molecule has 7 rings (SSSR count). The van der Waals surface area contributed by atoms with Crippen molar-refractivity contribution in [2.24, 2.45) is 35.5 Å². The maximum absolute atomic E-state index is 12.5. The summed E-state index contributed by atoms with van der Waals surface area (Å²) in [5, 5.41) is 0. The molecule has 4 bridgehead atoms. The Morgan fingerprint density at radius 1 is 1.00 bits per heavy atom. The number of carbonyl (C=O) groups excluding carboxylic acids is 1.